The first-order chi connectivity index (χ1) is 29.2. The molecule has 0 saturated carbocycles. The summed E-state index contributed by atoms with van der Waals surface area (Å²) in [5, 5.41) is 23.1. The number of hydrogen-bond donors (Lipinski definition) is 3. The van der Waals surface area contributed by atoms with Crippen LogP contribution in [0.2, 0.25) is 0 Å². The van der Waals surface area contributed by atoms with E-state index in [1.165, 1.54) is 128 Å². The predicted molar refractivity (Wildman–Crippen MR) is 262 cm³/mol. The zero-order valence-electron chi connectivity index (χ0n) is 38.7. The second-order valence-corrected chi connectivity index (χ2v) is 16.5. The molecule has 0 aromatic heterocycles. The Hall–Kier alpha value is -2.69. The van der Waals surface area contributed by atoms with Crippen LogP contribution in [-0.2, 0) is 4.79 Å². The summed E-state index contributed by atoms with van der Waals surface area (Å²) >= 11 is 0. The first-order valence-electron chi connectivity index (χ1n) is 25.0. The molecule has 0 heterocycles. The van der Waals surface area contributed by atoms with Crippen molar-refractivity contribution in [3.63, 3.8) is 0 Å². The number of amides is 1. The van der Waals surface area contributed by atoms with Gasteiger partial charge in [-0.1, -0.05) is 227 Å². The summed E-state index contributed by atoms with van der Waals surface area (Å²) in [6, 6.07) is -0.656. The maximum atomic E-state index is 12.4. The van der Waals surface area contributed by atoms with Crippen LogP contribution in [0.5, 0.6) is 0 Å². The van der Waals surface area contributed by atoms with Crippen LogP contribution in [0, 0.1) is 0 Å². The third kappa shape index (κ3) is 46.2. The number of nitrogens with one attached hydrogen (secondary N) is 1. The van der Waals surface area contributed by atoms with Crippen molar-refractivity contribution in [2.24, 2.45) is 0 Å². The average Bonchev–Trinajstić information content (AvgIpc) is 3.24. The number of hydrogen-bond acceptors (Lipinski definition) is 3. The van der Waals surface area contributed by atoms with Gasteiger partial charge in [-0.15, -0.1) is 0 Å². The van der Waals surface area contributed by atoms with E-state index in [-0.39, 0.29) is 12.5 Å². The molecule has 0 aromatic carbocycles. The average molecular weight is 818 g/mol. The topological polar surface area (TPSA) is 69.6 Å². The Bertz CT molecular complexity index is 1110. The molecule has 0 aliphatic carbocycles. The molecular weight excluding hydrogens is 723 g/mol. The predicted octanol–water partition coefficient (Wildman–Crippen LogP) is 16.2. The summed E-state index contributed by atoms with van der Waals surface area (Å²) in [5.41, 5.74) is 0. The van der Waals surface area contributed by atoms with E-state index in [2.05, 4.69) is 104 Å². The van der Waals surface area contributed by atoms with Crippen LogP contribution in [0.15, 0.2) is 97.2 Å². The van der Waals surface area contributed by atoms with Crippen molar-refractivity contribution in [2.75, 3.05) is 6.61 Å². The number of allylic oxidation sites excluding steroid dienone is 15. The molecule has 2 unspecified atom stereocenters. The molecule has 4 heteroatoms. The lowest BCUT2D eigenvalue weighted by Crippen LogP contribution is -2.45. The Labute approximate surface area is 366 Å². The van der Waals surface area contributed by atoms with Crippen LogP contribution >= 0.6 is 0 Å². The highest BCUT2D eigenvalue weighted by molar-refractivity contribution is 5.76. The second kappa shape index (κ2) is 49.7. The zero-order valence-corrected chi connectivity index (χ0v) is 38.7. The Morgan fingerprint density at radius 1 is 0.424 bits per heavy atom. The largest absolute Gasteiger partial charge is 0.394 e. The number of aliphatic hydroxyl groups is 2. The molecule has 0 rings (SSSR count). The van der Waals surface area contributed by atoms with Crippen molar-refractivity contribution in [1.29, 1.82) is 0 Å². The van der Waals surface area contributed by atoms with E-state index in [9.17, 15) is 15.0 Å². The SMILES string of the molecule is CC/C=C\C/C=C\C/C=C\C/C=C\C/C=C\CCCCCCCCCCCC(=O)NC(CO)C(O)/C=C/CC/C=C/CC/C=C/CCCCCCCCCCCCCC. The van der Waals surface area contributed by atoms with Crippen molar-refractivity contribution < 1.29 is 15.0 Å². The highest BCUT2D eigenvalue weighted by atomic mass is 16.3. The van der Waals surface area contributed by atoms with Crippen molar-refractivity contribution in [1.82, 2.24) is 5.32 Å². The standard InChI is InChI=1S/C55H95NO3/c1-3-5-7-9-11-13-15-17-19-21-23-25-27-28-29-31-33-35-37-39-41-43-45-47-49-51-55(59)56-53(52-57)54(58)50-48-46-44-42-40-38-36-34-32-30-26-24-22-20-18-16-14-12-10-8-6-4-2/h5,7,11,13,17,19,23,25,28-29,32,34,40,42,48,50,53-54,57-58H,3-4,6,8-10,12,14-16,18,20-22,24,26-27,30-31,33,35-39,41,43-47,49,51-52H2,1-2H3,(H,56,59)/b7-5-,13-11-,19-17-,25-23-,29-28-,34-32+,42-40+,50-48+. The zero-order chi connectivity index (χ0) is 42.8. The first-order valence-corrected chi connectivity index (χ1v) is 25.0. The van der Waals surface area contributed by atoms with E-state index in [4.69, 9.17) is 0 Å². The fraction of sp³-hybridized carbons (Fsp3) is 0.691. The Morgan fingerprint density at radius 2 is 0.763 bits per heavy atom. The molecule has 4 nitrogen and oxygen atoms in total. The van der Waals surface area contributed by atoms with Gasteiger partial charge in [0, 0.05) is 6.42 Å². The summed E-state index contributed by atoms with van der Waals surface area (Å²) in [6.45, 7) is 4.18. The second-order valence-electron chi connectivity index (χ2n) is 16.5. The van der Waals surface area contributed by atoms with Crippen LogP contribution in [-0.4, -0.2) is 34.9 Å². The summed E-state index contributed by atoms with van der Waals surface area (Å²) < 4.78 is 0. The summed E-state index contributed by atoms with van der Waals surface area (Å²) in [7, 11) is 0. The summed E-state index contributed by atoms with van der Waals surface area (Å²) in [5.74, 6) is -0.0879. The van der Waals surface area contributed by atoms with Gasteiger partial charge >= 0.3 is 0 Å². The van der Waals surface area contributed by atoms with E-state index < -0.39 is 12.1 Å². The van der Waals surface area contributed by atoms with E-state index in [1.807, 2.05) is 6.08 Å². The molecule has 0 spiro atoms. The van der Waals surface area contributed by atoms with Gasteiger partial charge in [0.2, 0.25) is 5.91 Å². The fourth-order valence-electron chi connectivity index (χ4n) is 7.00. The van der Waals surface area contributed by atoms with E-state index in [1.54, 1.807) is 6.08 Å². The molecule has 2 atom stereocenters. The summed E-state index contributed by atoms with van der Waals surface area (Å²) in [6.07, 6.45) is 73.9. The molecule has 0 aliphatic heterocycles. The van der Waals surface area contributed by atoms with Crippen LogP contribution in [0.3, 0.4) is 0 Å². The van der Waals surface area contributed by atoms with E-state index in [0.29, 0.717) is 6.42 Å². The van der Waals surface area contributed by atoms with Crippen molar-refractivity contribution in [3.05, 3.63) is 97.2 Å². The Kier molecular flexibility index (Phi) is 47.4. The molecule has 0 bridgehead atoms. The Balaban J connectivity index is 3.66. The fourth-order valence-corrected chi connectivity index (χ4v) is 7.00. The molecule has 0 aromatic rings. The number of unbranched alkanes of at least 4 members (excludes halogenated alkanes) is 23. The number of carbonyl (C=O) groups excluding carboxylic acids is 1. The van der Waals surface area contributed by atoms with Gasteiger partial charge in [-0.25, -0.2) is 0 Å². The minimum Gasteiger partial charge on any atom is -0.394 e. The normalized spacial score (nSPS) is 13.8. The molecule has 0 radical (unpaired) electrons. The van der Waals surface area contributed by atoms with Gasteiger partial charge in [0.05, 0.1) is 18.8 Å². The molecule has 0 saturated heterocycles. The molecule has 3 N–H and O–H groups in total. The first kappa shape index (κ1) is 56.3. The van der Waals surface area contributed by atoms with Crippen LogP contribution in [0.4, 0.5) is 0 Å². The third-order valence-corrected chi connectivity index (χ3v) is 10.8. The van der Waals surface area contributed by atoms with Crippen molar-refractivity contribution in [3.8, 4) is 0 Å². The summed E-state index contributed by atoms with van der Waals surface area (Å²) in [4.78, 5) is 12.4. The maximum absolute atomic E-state index is 12.4. The lowest BCUT2D eigenvalue weighted by molar-refractivity contribution is -0.123. The minimum atomic E-state index is -0.879. The van der Waals surface area contributed by atoms with E-state index >= 15 is 0 Å². The van der Waals surface area contributed by atoms with Crippen molar-refractivity contribution >= 4 is 5.91 Å². The van der Waals surface area contributed by atoms with Crippen LogP contribution in [0.1, 0.15) is 226 Å². The smallest absolute Gasteiger partial charge is 0.220 e. The van der Waals surface area contributed by atoms with Crippen LogP contribution < -0.4 is 5.32 Å². The number of carbonyl (C=O) groups is 1. The number of rotatable bonds is 44. The van der Waals surface area contributed by atoms with Gasteiger partial charge in [-0.3, -0.25) is 4.79 Å². The molecule has 59 heavy (non-hydrogen) atoms. The van der Waals surface area contributed by atoms with Crippen molar-refractivity contribution in [2.45, 2.75) is 238 Å². The van der Waals surface area contributed by atoms with Gasteiger partial charge in [0.15, 0.2) is 0 Å². The molecule has 0 aliphatic rings. The highest BCUT2D eigenvalue weighted by Crippen LogP contribution is 2.14. The lowest BCUT2D eigenvalue weighted by atomic mass is 10.0. The van der Waals surface area contributed by atoms with Gasteiger partial charge < -0.3 is 15.5 Å². The van der Waals surface area contributed by atoms with Crippen LogP contribution in [0.25, 0.3) is 0 Å². The minimum absolute atomic E-state index is 0.0879. The van der Waals surface area contributed by atoms with Gasteiger partial charge in [-0.05, 0) is 89.9 Å². The molecular formula is C55H95NO3. The quantitative estimate of drug-likeness (QED) is 0.0424. The third-order valence-electron chi connectivity index (χ3n) is 10.8. The van der Waals surface area contributed by atoms with Gasteiger partial charge in [-0.2, -0.15) is 0 Å². The molecule has 1 amide bonds. The Morgan fingerprint density at radius 3 is 1.19 bits per heavy atom. The maximum Gasteiger partial charge on any atom is 0.220 e. The highest BCUT2D eigenvalue weighted by Gasteiger charge is 2.17. The lowest BCUT2D eigenvalue weighted by Gasteiger charge is -2.19. The van der Waals surface area contributed by atoms with Gasteiger partial charge in [0.1, 0.15) is 0 Å². The molecule has 0 fully saturated rings. The number of aliphatic hydroxyl groups excluding tert-OH is 2. The molecule has 338 valence electrons. The van der Waals surface area contributed by atoms with Gasteiger partial charge in [0.25, 0.3) is 0 Å². The monoisotopic (exact) mass is 818 g/mol. The van der Waals surface area contributed by atoms with E-state index in [0.717, 1.165) is 77.0 Å².